The van der Waals surface area contributed by atoms with Gasteiger partial charge in [0.25, 0.3) is 0 Å². The summed E-state index contributed by atoms with van der Waals surface area (Å²) in [6.07, 6.45) is 5.03. The van der Waals surface area contributed by atoms with Crippen molar-refractivity contribution in [1.82, 2.24) is 10.2 Å². The largest absolute Gasteiger partial charge is 0.480 e. The van der Waals surface area contributed by atoms with Crippen molar-refractivity contribution in [2.24, 2.45) is 0 Å². The average molecular weight is 260 g/mol. The minimum absolute atomic E-state index is 0.0744. The lowest BCUT2D eigenvalue weighted by Crippen LogP contribution is -2.44. The Bertz CT molecular complexity index is 338. The molecule has 1 unspecified atom stereocenters. The van der Waals surface area contributed by atoms with Gasteiger partial charge in [-0.1, -0.05) is 12.8 Å². The molecule has 0 aromatic rings. The van der Waals surface area contributed by atoms with E-state index in [1.807, 2.05) is 0 Å². The Morgan fingerprint density at radius 1 is 1.53 bits per heavy atom. The van der Waals surface area contributed by atoms with Crippen molar-refractivity contribution in [1.29, 1.82) is 0 Å². The second kappa shape index (κ2) is 8.58. The van der Waals surface area contributed by atoms with Gasteiger partial charge in [-0.15, -0.1) is 6.42 Å². The molecular formula is C10H16N2O4S. The number of rotatable bonds is 7. The van der Waals surface area contributed by atoms with Gasteiger partial charge < -0.3 is 15.3 Å². The van der Waals surface area contributed by atoms with E-state index in [1.165, 1.54) is 0 Å². The monoisotopic (exact) mass is 260 g/mol. The number of hydrogen-bond donors (Lipinski definition) is 2. The first kappa shape index (κ1) is 15.5. The van der Waals surface area contributed by atoms with Gasteiger partial charge in [-0.3, -0.25) is 9.00 Å². The number of hydrogen-bond acceptors (Lipinski definition) is 3. The summed E-state index contributed by atoms with van der Waals surface area (Å²) in [5.74, 6) is 1.95. The summed E-state index contributed by atoms with van der Waals surface area (Å²) in [6.45, 7) is 1.49. The number of nitrogens with one attached hydrogen (secondary N) is 1. The SMILES string of the molecule is C#CCN(CC(=O)O)C(=O)NCCS(=O)CC. The fourth-order valence-corrected chi connectivity index (χ4v) is 1.62. The van der Waals surface area contributed by atoms with E-state index in [-0.39, 0.29) is 13.1 Å². The fourth-order valence-electron chi connectivity index (χ4n) is 1.00. The number of aliphatic carboxylic acids is 1. The molecule has 0 heterocycles. The molecule has 0 aromatic heterocycles. The van der Waals surface area contributed by atoms with Crippen molar-refractivity contribution in [3.8, 4) is 12.3 Å². The van der Waals surface area contributed by atoms with Gasteiger partial charge in [0.1, 0.15) is 6.54 Å². The molecule has 0 aliphatic carbocycles. The van der Waals surface area contributed by atoms with E-state index in [0.717, 1.165) is 4.90 Å². The Labute approximate surface area is 103 Å². The average Bonchev–Trinajstić information content (AvgIpc) is 2.27. The first-order chi connectivity index (χ1) is 8.01. The predicted octanol–water partition coefficient (Wildman–Crippen LogP) is -0.516. The molecule has 7 heteroatoms. The summed E-state index contributed by atoms with van der Waals surface area (Å²) < 4.78 is 11.1. The summed E-state index contributed by atoms with van der Waals surface area (Å²) in [4.78, 5) is 23.0. The molecule has 0 saturated carbocycles. The van der Waals surface area contributed by atoms with E-state index in [2.05, 4.69) is 11.2 Å². The zero-order valence-electron chi connectivity index (χ0n) is 9.64. The number of carboxylic acids is 1. The van der Waals surface area contributed by atoms with Crippen LogP contribution in [0.1, 0.15) is 6.92 Å². The van der Waals surface area contributed by atoms with Crippen molar-refractivity contribution in [2.75, 3.05) is 31.1 Å². The standard InChI is InChI=1S/C10H16N2O4S/c1-3-6-12(8-9(13)14)10(15)11-5-7-17(16)4-2/h1H,4-8H2,2H3,(H,11,15)(H,13,14). The van der Waals surface area contributed by atoms with E-state index in [1.54, 1.807) is 6.92 Å². The summed E-state index contributed by atoms with van der Waals surface area (Å²) in [6, 6.07) is -0.557. The molecule has 2 N–H and O–H groups in total. The summed E-state index contributed by atoms with van der Waals surface area (Å²) in [7, 11) is -0.961. The van der Waals surface area contributed by atoms with Gasteiger partial charge in [-0.05, 0) is 0 Å². The Balaban J connectivity index is 4.10. The minimum Gasteiger partial charge on any atom is -0.480 e. The maximum atomic E-state index is 11.5. The topological polar surface area (TPSA) is 86.7 Å². The van der Waals surface area contributed by atoms with Gasteiger partial charge >= 0.3 is 12.0 Å². The number of terminal acetylenes is 1. The van der Waals surface area contributed by atoms with Gasteiger partial charge in [0.2, 0.25) is 0 Å². The quantitative estimate of drug-likeness (QED) is 0.603. The molecule has 0 aromatic carbocycles. The molecule has 1 atom stereocenters. The van der Waals surface area contributed by atoms with Crippen LogP contribution in [0.15, 0.2) is 0 Å². The molecule has 0 aliphatic heterocycles. The lowest BCUT2D eigenvalue weighted by Gasteiger charge is -2.18. The highest BCUT2D eigenvalue weighted by molar-refractivity contribution is 7.84. The van der Waals surface area contributed by atoms with Crippen LogP contribution in [0.5, 0.6) is 0 Å². The van der Waals surface area contributed by atoms with Crippen molar-refractivity contribution < 1.29 is 18.9 Å². The molecule has 17 heavy (non-hydrogen) atoms. The zero-order chi connectivity index (χ0) is 13.3. The number of urea groups is 1. The smallest absolute Gasteiger partial charge is 0.323 e. The Hall–Kier alpha value is -1.55. The Morgan fingerprint density at radius 2 is 2.18 bits per heavy atom. The molecule has 0 saturated heterocycles. The third-order valence-electron chi connectivity index (χ3n) is 1.82. The van der Waals surface area contributed by atoms with Crippen molar-refractivity contribution in [2.45, 2.75) is 6.92 Å². The van der Waals surface area contributed by atoms with Crippen molar-refractivity contribution >= 4 is 22.8 Å². The van der Waals surface area contributed by atoms with Crippen molar-refractivity contribution in [3.63, 3.8) is 0 Å². The van der Waals surface area contributed by atoms with Crippen LogP contribution in [0, 0.1) is 12.3 Å². The lowest BCUT2D eigenvalue weighted by atomic mass is 10.5. The number of carboxylic acid groups (broad SMARTS) is 1. The summed E-state index contributed by atoms with van der Waals surface area (Å²) in [5.41, 5.74) is 0. The highest BCUT2D eigenvalue weighted by Gasteiger charge is 2.15. The fraction of sp³-hybridized carbons (Fsp3) is 0.600. The van der Waals surface area contributed by atoms with Crippen LogP contribution in [-0.2, 0) is 15.6 Å². The molecule has 0 radical (unpaired) electrons. The van der Waals surface area contributed by atoms with Crippen molar-refractivity contribution in [3.05, 3.63) is 0 Å². The first-order valence-electron chi connectivity index (χ1n) is 5.04. The van der Waals surface area contributed by atoms with E-state index < -0.39 is 29.3 Å². The number of amides is 2. The van der Waals surface area contributed by atoms with E-state index in [9.17, 15) is 13.8 Å². The molecule has 6 nitrogen and oxygen atoms in total. The molecule has 0 bridgehead atoms. The van der Waals surface area contributed by atoms with Crippen LogP contribution in [-0.4, -0.2) is 57.4 Å². The van der Waals surface area contributed by atoms with Crippen LogP contribution in [0.2, 0.25) is 0 Å². The van der Waals surface area contributed by atoms with E-state index in [0.29, 0.717) is 11.5 Å². The zero-order valence-corrected chi connectivity index (χ0v) is 10.5. The number of nitrogens with zero attached hydrogens (tertiary/aromatic N) is 1. The molecular weight excluding hydrogens is 244 g/mol. The highest BCUT2D eigenvalue weighted by Crippen LogP contribution is 1.89. The second-order valence-electron chi connectivity index (χ2n) is 3.12. The second-order valence-corrected chi connectivity index (χ2v) is 4.98. The molecule has 0 rings (SSSR count). The van der Waals surface area contributed by atoms with Crippen LogP contribution in [0.25, 0.3) is 0 Å². The van der Waals surface area contributed by atoms with Crippen LogP contribution in [0.4, 0.5) is 4.79 Å². The van der Waals surface area contributed by atoms with Gasteiger partial charge in [-0.2, -0.15) is 0 Å². The van der Waals surface area contributed by atoms with Crippen LogP contribution >= 0.6 is 0 Å². The third kappa shape index (κ3) is 7.36. The van der Waals surface area contributed by atoms with Crippen LogP contribution < -0.4 is 5.32 Å². The summed E-state index contributed by atoms with van der Waals surface area (Å²) in [5, 5.41) is 11.0. The van der Waals surface area contributed by atoms with E-state index >= 15 is 0 Å². The maximum absolute atomic E-state index is 11.5. The van der Waals surface area contributed by atoms with Crippen LogP contribution in [0.3, 0.4) is 0 Å². The van der Waals surface area contributed by atoms with Gasteiger partial charge in [-0.25, -0.2) is 4.79 Å². The maximum Gasteiger partial charge on any atom is 0.323 e. The minimum atomic E-state index is -1.13. The number of carbonyl (C=O) groups is 2. The Morgan fingerprint density at radius 3 is 2.65 bits per heavy atom. The molecule has 96 valence electrons. The van der Waals surface area contributed by atoms with Gasteiger partial charge in [0, 0.05) is 28.9 Å². The summed E-state index contributed by atoms with van der Waals surface area (Å²) >= 11 is 0. The highest BCUT2D eigenvalue weighted by atomic mass is 32.2. The Kier molecular flexibility index (Phi) is 7.80. The van der Waals surface area contributed by atoms with E-state index in [4.69, 9.17) is 11.5 Å². The third-order valence-corrected chi connectivity index (χ3v) is 3.13. The lowest BCUT2D eigenvalue weighted by molar-refractivity contribution is -0.137. The molecule has 0 aliphatic rings. The number of carbonyl (C=O) groups excluding carboxylic acids is 1. The first-order valence-corrected chi connectivity index (χ1v) is 6.53. The molecule has 0 spiro atoms. The molecule has 0 fully saturated rings. The predicted molar refractivity (Wildman–Crippen MR) is 65.0 cm³/mol. The van der Waals surface area contributed by atoms with Gasteiger partial charge in [0.15, 0.2) is 0 Å². The normalized spacial score (nSPS) is 11.3. The molecule has 2 amide bonds. The van der Waals surface area contributed by atoms with Gasteiger partial charge in [0.05, 0.1) is 6.54 Å².